The van der Waals surface area contributed by atoms with Gasteiger partial charge in [-0.15, -0.1) is 20.4 Å². The second kappa shape index (κ2) is 20.8. The second-order valence-electron chi connectivity index (χ2n) is 16.2. The van der Waals surface area contributed by atoms with Gasteiger partial charge in [-0.05, 0) is 76.2 Å². The SMILES string of the molecule is COc1cccc(OC)c1-n1c(CS(=O)(=O)[C@@H](C)[C@@H](O)c2cn(C)cn2)nnc1-c1ccc(C)o1.COc1cccc(OC)c1-n1c(CS(=O)(=O)[C@H](C)[C@H](O)c2cn(C)cn2)nnc1-c1ccc(C)o1. The summed E-state index contributed by atoms with van der Waals surface area (Å²) in [5, 5.41) is 36.0. The maximum Gasteiger partial charge on any atom is 0.204 e. The highest BCUT2D eigenvalue weighted by atomic mass is 32.2. The fraction of sp³-hybridized carbons (Fsp3) is 0.348. The van der Waals surface area contributed by atoms with Crippen molar-refractivity contribution in [2.24, 2.45) is 14.1 Å². The first-order chi connectivity index (χ1) is 33.3. The second-order valence-corrected chi connectivity index (χ2v) is 21.0. The monoisotopic (exact) mass is 1000 g/mol. The number of aromatic nitrogens is 10. The van der Waals surface area contributed by atoms with E-state index in [1.54, 1.807) is 119 Å². The molecule has 0 aliphatic rings. The molecule has 24 heteroatoms. The van der Waals surface area contributed by atoms with E-state index < -0.39 is 53.9 Å². The van der Waals surface area contributed by atoms with E-state index in [2.05, 4.69) is 30.4 Å². The fourth-order valence-electron chi connectivity index (χ4n) is 7.49. The summed E-state index contributed by atoms with van der Waals surface area (Å²) >= 11 is 0. The summed E-state index contributed by atoms with van der Waals surface area (Å²) in [5.41, 5.74) is 1.38. The molecule has 0 unspecified atom stereocenters. The van der Waals surface area contributed by atoms with Gasteiger partial charge in [-0.25, -0.2) is 26.8 Å². The summed E-state index contributed by atoms with van der Waals surface area (Å²) in [6, 6.07) is 17.4. The molecular weight excluding hydrogens is 949 g/mol. The molecule has 372 valence electrons. The number of rotatable bonds is 18. The van der Waals surface area contributed by atoms with E-state index in [4.69, 9.17) is 27.8 Å². The van der Waals surface area contributed by atoms with Crippen molar-refractivity contribution < 1.29 is 54.8 Å². The van der Waals surface area contributed by atoms with E-state index >= 15 is 0 Å². The van der Waals surface area contributed by atoms with Crippen molar-refractivity contribution in [2.45, 2.75) is 61.9 Å². The van der Waals surface area contributed by atoms with Crippen LogP contribution in [0.4, 0.5) is 0 Å². The van der Waals surface area contributed by atoms with Gasteiger partial charge in [-0.1, -0.05) is 12.1 Å². The third-order valence-corrected chi connectivity index (χ3v) is 15.5. The molecule has 0 aliphatic heterocycles. The highest BCUT2D eigenvalue weighted by Gasteiger charge is 2.36. The molecule has 8 aromatic rings. The minimum Gasteiger partial charge on any atom is -0.494 e. The van der Waals surface area contributed by atoms with Gasteiger partial charge >= 0.3 is 0 Å². The highest BCUT2D eigenvalue weighted by molar-refractivity contribution is 7.91. The number of imidazole rings is 2. The molecule has 0 saturated carbocycles. The minimum atomic E-state index is -3.92. The molecule has 0 amide bonds. The highest BCUT2D eigenvalue weighted by Crippen LogP contribution is 2.39. The number of aliphatic hydroxyl groups is 2. The number of furan rings is 2. The molecule has 0 spiro atoms. The van der Waals surface area contributed by atoms with Crippen LogP contribution in [0.25, 0.3) is 34.5 Å². The molecule has 70 heavy (non-hydrogen) atoms. The lowest BCUT2D eigenvalue weighted by atomic mass is 10.2. The van der Waals surface area contributed by atoms with Crippen molar-refractivity contribution in [1.29, 1.82) is 0 Å². The van der Waals surface area contributed by atoms with Crippen LogP contribution in [-0.4, -0.2) is 115 Å². The molecule has 2 N–H and O–H groups in total. The first-order valence-corrected chi connectivity index (χ1v) is 24.9. The van der Waals surface area contributed by atoms with Crippen molar-refractivity contribution in [3.63, 3.8) is 0 Å². The molecule has 0 radical (unpaired) electrons. The van der Waals surface area contributed by atoms with Gasteiger partial charge in [0.25, 0.3) is 0 Å². The Labute approximate surface area is 403 Å². The van der Waals surface area contributed by atoms with Crippen LogP contribution in [0.3, 0.4) is 0 Å². The van der Waals surface area contributed by atoms with Crippen molar-refractivity contribution in [3.8, 4) is 57.5 Å². The number of hydrogen-bond donors (Lipinski definition) is 2. The average Bonchev–Trinajstić information content (AvgIpc) is 4.23. The number of methoxy groups -OCH3 is 4. The van der Waals surface area contributed by atoms with Gasteiger partial charge in [0.15, 0.2) is 42.8 Å². The van der Waals surface area contributed by atoms with Crippen LogP contribution in [0.15, 0.2) is 94.5 Å². The largest absolute Gasteiger partial charge is 0.494 e. The molecule has 6 heterocycles. The average molecular weight is 1000 g/mol. The molecule has 0 aliphatic carbocycles. The Morgan fingerprint density at radius 1 is 0.557 bits per heavy atom. The zero-order chi connectivity index (χ0) is 50.7. The number of benzene rings is 2. The Morgan fingerprint density at radius 3 is 1.17 bits per heavy atom. The van der Waals surface area contributed by atoms with Crippen LogP contribution < -0.4 is 18.9 Å². The molecule has 0 saturated heterocycles. The first kappa shape index (κ1) is 50.6. The number of ether oxygens (including phenoxy) is 4. The van der Waals surface area contributed by atoms with Crippen molar-refractivity contribution >= 4 is 19.7 Å². The van der Waals surface area contributed by atoms with Gasteiger partial charge in [-0.3, -0.25) is 9.13 Å². The van der Waals surface area contributed by atoms with E-state index in [9.17, 15) is 27.0 Å². The maximum atomic E-state index is 13.4. The molecule has 8 rings (SSSR count). The molecule has 6 aromatic heterocycles. The standard InChI is InChI=1S/2C23H27N5O6S/c2*1-14-9-10-19(34-14)23-26-25-20(28(23)21-17(32-4)7-6-8-18(21)33-5)12-35(30,31)15(2)22(29)16-11-27(3)13-24-16/h2*6-11,13,15,22,29H,12H2,1-5H3/t2*15-,22+/m10/s1. The molecular formula is C46H54N10O12S2. The minimum absolute atomic E-state index is 0.108. The van der Waals surface area contributed by atoms with Crippen LogP contribution in [-0.2, 0) is 45.3 Å². The Kier molecular flexibility index (Phi) is 15.0. The third kappa shape index (κ3) is 10.3. The summed E-state index contributed by atoms with van der Waals surface area (Å²) in [7, 11) is 1.64. The van der Waals surface area contributed by atoms with Gasteiger partial charge in [0.2, 0.25) is 11.6 Å². The molecule has 0 bridgehead atoms. The van der Waals surface area contributed by atoms with E-state index in [0.29, 0.717) is 57.4 Å². The summed E-state index contributed by atoms with van der Waals surface area (Å²) < 4.78 is 93.7. The Bertz CT molecular complexity index is 3050. The number of aliphatic hydroxyl groups excluding tert-OH is 2. The Morgan fingerprint density at radius 2 is 0.900 bits per heavy atom. The van der Waals surface area contributed by atoms with E-state index in [1.165, 1.54) is 54.9 Å². The zero-order valence-electron chi connectivity index (χ0n) is 40.1. The van der Waals surface area contributed by atoms with Gasteiger partial charge < -0.3 is 47.1 Å². The lowest BCUT2D eigenvalue weighted by Crippen LogP contribution is -2.28. The van der Waals surface area contributed by atoms with Gasteiger partial charge in [0.1, 0.15) is 69.6 Å². The predicted octanol–water partition coefficient (Wildman–Crippen LogP) is 5.25. The van der Waals surface area contributed by atoms with Crippen LogP contribution in [0.5, 0.6) is 23.0 Å². The summed E-state index contributed by atoms with van der Waals surface area (Å²) in [4.78, 5) is 8.17. The van der Waals surface area contributed by atoms with E-state index in [0.717, 1.165) is 0 Å². The summed E-state index contributed by atoms with van der Waals surface area (Å²) in [6.45, 7) is 6.46. The Balaban J connectivity index is 0.000000206. The summed E-state index contributed by atoms with van der Waals surface area (Å²) in [6.07, 6.45) is 3.53. The number of aryl methyl sites for hydroxylation is 4. The smallest absolute Gasteiger partial charge is 0.204 e. The number of nitrogens with zero attached hydrogens (tertiary/aromatic N) is 10. The van der Waals surface area contributed by atoms with Gasteiger partial charge in [0, 0.05) is 26.5 Å². The quantitative estimate of drug-likeness (QED) is 0.111. The van der Waals surface area contributed by atoms with Crippen molar-refractivity contribution in [1.82, 2.24) is 48.6 Å². The Hall–Kier alpha value is -7.28. The first-order valence-electron chi connectivity index (χ1n) is 21.5. The van der Waals surface area contributed by atoms with Gasteiger partial charge in [-0.2, -0.15) is 0 Å². The molecule has 0 fully saturated rings. The van der Waals surface area contributed by atoms with Crippen LogP contribution >= 0.6 is 0 Å². The van der Waals surface area contributed by atoms with Gasteiger partial charge in [0.05, 0.1) is 63.0 Å². The molecule has 4 atom stereocenters. The maximum absolute atomic E-state index is 13.4. The number of sulfone groups is 2. The zero-order valence-corrected chi connectivity index (χ0v) is 41.7. The number of para-hydroxylation sites is 2. The number of hydrogen-bond acceptors (Lipinski definition) is 18. The lowest BCUT2D eigenvalue weighted by Gasteiger charge is -2.19. The fourth-order valence-corrected chi connectivity index (χ4v) is 10.2. The van der Waals surface area contributed by atoms with Crippen LogP contribution in [0.1, 0.15) is 60.6 Å². The van der Waals surface area contributed by atoms with Crippen molar-refractivity contribution in [2.75, 3.05) is 28.4 Å². The van der Waals surface area contributed by atoms with Crippen molar-refractivity contribution in [3.05, 3.63) is 120 Å². The normalized spacial score (nSPS) is 13.5. The van der Waals surface area contributed by atoms with Crippen LogP contribution in [0.2, 0.25) is 0 Å². The van der Waals surface area contributed by atoms with Crippen LogP contribution in [0, 0.1) is 13.8 Å². The lowest BCUT2D eigenvalue weighted by molar-refractivity contribution is 0.171. The molecule has 2 aromatic carbocycles. The third-order valence-electron chi connectivity index (χ3n) is 11.4. The summed E-state index contributed by atoms with van der Waals surface area (Å²) in [5.74, 6) is 3.57. The predicted molar refractivity (Wildman–Crippen MR) is 254 cm³/mol. The van der Waals surface area contributed by atoms with E-state index in [1.807, 2.05) is 0 Å². The molecule has 22 nitrogen and oxygen atoms in total. The topological polar surface area (TPSA) is 269 Å². The van der Waals surface area contributed by atoms with E-state index in [-0.39, 0.29) is 34.7 Å².